The lowest BCUT2D eigenvalue weighted by atomic mass is 9.95. The van der Waals surface area contributed by atoms with E-state index in [1.54, 1.807) is 0 Å². The summed E-state index contributed by atoms with van der Waals surface area (Å²) >= 11 is 3.76. The molecular weight excluding hydrogens is 669 g/mol. The molecule has 0 N–H and O–H groups in total. The number of thiophene rings is 2. The van der Waals surface area contributed by atoms with E-state index in [0.29, 0.717) is 0 Å². The van der Waals surface area contributed by atoms with Crippen LogP contribution in [0.2, 0.25) is 0 Å². The van der Waals surface area contributed by atoms with Crippen molar-refractivity contribution in [3.05, 3.63) is 194 Å². The SMILES string of the molecule is C1=CC(N(c2ccccc2)c2cccc3c2sc2ccccc23)CC=C1c1ccc(N(c2ccccc2)c2cccc3c2sc2ccccc23)cc1. The Morgan fingerprint density at radius 1 is 0.442 bits per heavy atom. The maximum Gasteiger partial charge on any atom is 0.0640 e. The zero-order valence-electron chi connectivity index (χ0n) is 28.4. The molecule has 1 aliphatic carbocycles. The Morgan fingerprint density at radius 2 is 0.962 bits per heavy atom. The number of nitrogens with zero attached hydrogens (tertiary/aromatic N) is 2. The van der Waals surface area contributed by atoms with Crippen molar-refractivity contribution in [1.29, 1.82) is 0 Å². The lowest BCUT2D eigenvalue weighted by molar-refractivity contribution is 0.790. The monoisotopic (exact) mass is 702 g/mol. The third kappa shape index (κ3) is 5.31. The van der Waals surface area contributed by atoms with E-state index in [2.05, 4.69) is 198 Å². The molecule has 0 spiro atoms. The van der Waals surface area contributed by atoms with Crippen LogP contribution in [0, 0.1) is 0 Å². The van der Waals surface area contributed by atoms with Gasteiger partial charge in [0.2, 0.25) is 0 Å². The summed E-state index contributed by atoms with van der Waals surface area (Å²) in [6.45, 7) is 0. The highest BCUT2D eigenvalue weighted by Crippen LogP contribution is 2.46. The highest BCUT2D eigenvalue weighted by molar-refractivity contribution is 7.26. The average Bonchev–Trinajstić information content (AvgIpc) is 3.79. The minimum atomic E-state index is 0.191. The van der Waals surface area contributed by atoms with Gasteiger partial charge >= 0.3 is 0 Å². The van der Waals surface area contributed by atoms with Gasteiger partial charge in [0.15, 0.2) is 0 Å². The fourth-order valence-electron chi connectivity index (χ4n) is 7.75. The van der Waals surface area contributed by atoms with Crippen LogP contribution in [0.5, 0.6) is 0 Å². The van der Waals surface area contributed by atoms with Crippen LogP contribution in [0.1, 0.15) is 12.0 Å². The molecule has 0 saturated heterocycles. The van der Waals surface area contributed by atoms with Crippen molar-refractivity contribution in [1.82, 2.24) is 0 Å². The van der Waals surface area contributed by atoms with Gasteiger partial charge in [-0.2, -0.15) is 0 Å². The van der Waals surface area contributed by atoms with Crippen LogP contribution in [0.4, 0.5) is 28.4 Å². The molecular formula is C48H34N2S2. The molecule has 0 radical (unpaired) electrons. The van der Waals surface area contributed by atoms with Crippen LogP contribution in [0.25, 0.3) is 45.9 Å². The third-order valence-electron chi connectivity index (χ3n) is 10.2. The van der Waals surface area contributed by atoms with Gasteiger partial charge in [-0.15, -0.1) is 22.7 Å². The summed E-state index contributed by atoms with van der Waals surface area (Å²) in [6.07, 6.45) is 8.03. The lowest BCUT2D eigenvalue weighted by Crippen LogP contribution is -2.30. The number of anilines is 5. The Morgan fingerprint density at radius 3 is 1.58 bits per heavy atom. The number of hydrogen-bond acceptors (Lipinski definition) is 4. The van der Waals surface area contributed by atoms with Gasteiger partial charge in [-0.3, -0.25) is 0 Å². The topological polar surface area (TPSA) is 6.48 Å². The Kier molecular flexibility index (Phi) is 7.71. The van der Waals surface area contributed by atoms with Crippen molar-refractivity contribution in [3.63, 3.8) is 0 Å². The predicted octanol–water partition coefficient (Wildman–Crippen LogP) is 14.4. The van der Waals surface area contributed by atoms with Gasteiger partial charge in [-0.25, -0.2) is 0 Å². The summed E-state index contributed by atoms with van der Waals surface area (Å²) in [7, 11) is 0. The van der Waals surface area contributed by atoms with E-state index >= 15 is 0 Å². The third-order valence-corrected chi connectivity index (χ3v) is 12.6. The smallest absolute Gasteiger partial charge is 0.0640 e. The Hall–Kier alpha value is -5.94. The minimum Gasteiger partial charge on any atom is -0.333 e. The quantitative estimate of drug-likeness (QED) is 0.163. The standard InChI is InChI=1S/C48H34N2S2/c1-3-13-35(14-4-1)49(43-21-11-19-41-39-17-7-9-23-45(39)51-47(41)43)37-29-25-33(26-30-37)34-27-31-38(32-28-34)50(36-15-5-2-6-16-36)44-22-12-20-42-40-18-8-10-24-46(40)52-48(42)44/h1-31,38H,32H2. The van der Waals surface area contributed by atoms with Crippen LogP contribution >= 0.6 is 22.7 Å². The molecule has 1 aliphatic rings. The summed E-state index contributed by atoms with van der Waals surface area (Å²) in [5.41, 5.74) is 8.44. The molecule has 10 rings (SSSR count). The molecule has 7 aromatic carbocycles. The van der Waals surface area contributed by atoms with Crippen molar-refractivity contribution < 1.29 is 0 Å². The fourth-order valence-corrected chi connectivity index (χ4v) is 10.2. The van der Waals surface area contributed by atoms with Crippen LogP contribution in [0.15, 0.2) is 188 Å². The fraction of sp³-hybridized carbons (Fsp3) is 0.0417. The second kappa shape index (κ2) is 13.0. The first-order valence-electron chi connectivity index (χ1n) is 17.8. The summed E-state index contributed by atoms with van der Waals surface area (Å²) in [5.74, 6) is 0. The van der Waals surface area contributed by atoms with E-state index in [1.165, 1.54) is 68.5 Å². The van der Waals surface area contributed by atoms with E-state index in [-0.39, 0.29) is 6.04 Å². The second-order valence-corrected chi connectivity index (χ2v) is 15.4. The normalized spacial score (nSPS) is 14.3. The number of benzene rings is 7. The van der Waals surface area contributed by atoms with E-state index < -0.39 is 0 Å². The zero-order chi connectivity index (χ0) is 34.4. The summed E-state index contributed by atoms with van der Waals surface area (Å²) < 4.78 is 5.28. The van der Waals surface area contributed by atoms with Crippen molar-refractivity contribution in [3.8, 4) is 0 Å². The highest BCUT2D eigenvalue weighted by Gasteiger charge is 2.24. The van der Waals surface area contributed by atoms with E-state index in [0.717, 1.165) is 17.8 Å². The van der Waals surface area contributed by atoms with Gasteiger partial charge in [0, 0.05) is 48.0 Å². The molecule has 0 fully saturated rings. The second-order valence-electron chi connectivity index (χ2n) is 13.2. The van der Waals surface area contributed by atoms with E-state index in [9.17, 15) is 0 Å². The van der Waals surface area contributed by atoms with Crippen molar-refractivity contribution >= 4 is 97.0 Å². The van der Waals surface area contributed by atoms with Gasteiger partial charge in [-0.1, -0.05) is 127 Å². The maximum atomic E-state index is 2.52. The van der Waals surface area contributed by atoms with Gasteiger partial charge in [-0.05, 0) is 78.2 Å². The number of hydrogen-bond donors (Lipinski definition) is 0. The molecule has 248 valence electrons. The van der Waals surface area contributed by atoms with E-state index in [4.69, 9.17) is 0 Å². The number of allylic oxidation sites excluding steroid dienone is 2. The van der Waals surface area contributed by atoms with Gasteiger partial charge in [0.1, 0.15) is 0 Å². The molecule has 1 atom stereocenters. The molecule has 52 heavy (non-hydrogen) atoms. The summed E-state index contributed by atoms with van der Waals surface area (Å²) in [5, 5.41) is 5.26. The molecule has 4 heteroatoms. The van der Waals surface area contributed by atoms with Gasteiger partial charge < -0.3 is 9.80 Å². The minimum absolute atomic E-state index is 0.191. The largest absolute Gasteiger partial charge is 0.333 e. The molecule has 0 amide bonds. The number of para-hydroxylation sites is 2. The summed E-state index contributed by atoms with van der Waals surface area (Å²) in [4.78, 5) is 4.92. The van der Waals surface area contributed by atoms with Crippen molar-refractivity contribution in [2.24, 2.45) is 0 Å². The molecule has 0 saturated carbocycles. The van der Waals surface area contributed by atoms with Gasteiger partial charge in [0.05, 0.1) is 26.8 Å². The molecule has 2 nitrogen and oxygen atoms in total. The van der Waals surface area contributed by atoms with E-state index in [1.807, 2.05) is 22.7 Å². The first-order chi connectivity index (χ1) is 25.8. The zero-order valence-corrected chi connectivity index (χ0v) is 30.0. The summed E-state index contributed by atoms with van der Waals surface area (Å²) in [6, 6.07) is 61.8. The maximum absolute atomic E-state index is 2.52. The number of rotatable bonds is 7. The molecule has 0 aliphatic heterocycles. The van der Waals surface area contributed by atoms with Crippen molar-refractivity contribution in [2.75, 3.05) is 9.80 Å². The van der Waals surface area contributed by atoms with Gasteiger partial charge in [0.25, 0.3) is 0 Å². The molecule has 1 unspecified atom stereocenters. The van der Waals surface area contributed by atoms with Crippen LogP contribution in [-0.2, 0) is 0 Å². The van der Waals surface area contributed by atoms with Crippen LogP contribution < -0.4 is 9.80 Å². The average molecular weight is 703 g/mol. The molecule has 9 aromatic rings. The molecule has 2 aromatic heterocycles. The first kappa shape index (κ1) is 30.8. The Bertz CT molecular complexity index is 2770. The Labute approximate surface area is 311 Å². The first-order valence-corrected chi connectivity index (χ1v) is 19.4. The highest BCUT2D eigenvalue weighted by atomic mass is 32.1. The van der Waals surface area contributed by atoms with Crippen LogP contribution in [0.3, 0.4) is 0 Å². The molecule has 0 bridgehead atoms. The Balaban J connectivity index is 0.990. The van der Waals surface area contributed by atoms with Crippen LogP contribution in [-0.4, -0.2) is 6.04 Å². The predicted molar refractivity (Wildman–Crippen MR) is 227 cm³/mol. The lowest BCUT2D eigenvalue weighted by Gasteiger charge is -2.33. The van der Waals surface area contributed by atoms with Crippen molar-refractivity contribution in [2.45, 2.75) is 12.5 Å². The number of fused-ring (bicyclic) bond motifs is 6. The molecule has 2 heterocycles.